The first-order valence-electron chi connectivity index (χ1n) is 11.8. The monoisotopic (exact) mass is 428 g/mol. The molecular formula is C23H40O7. The molecular weight excluding hydrogens is 388 g/mol. The minimum atomic E-state index is -0.654. The van der Waals surface area contributed by atoms with E-state index in [2.05, 4.69) is 13.8 Å². The van der Waals surface area contributed by atoms with Gasteiger partial charge in [0, 0.05) is 11.8 Å². The minimum absolute atomic E-state index is 0.0169. The smallest absolute Gasteiger partial charge is 0.161 e. The second-order valence-corrected chi connectivity index (χ2v) is 10.4. The van der Waals surface area contributed by atoms with Crippen molar-refractivity contribution >= 4 is 0 Å². The number of ether oxygens (including phenoxy) is 6. The average Bonchev–Trinajstić information content (AvgIpc) is 3.02. The molecule has 0 amide bonds. The molecule has 3 heterocycles. The number of aliphatic hydroxyl groups is 1. The van der Waals surface area contributed by atoms with E-state index >= 15 is 0 Å². The summed E-state index contributed by atoms with van der Waals surface area (Å²) < 4.78 is 35.6. The fourth-order valence-electron chi connectivity index (χ4n) is 4.93. The normalized spacial score (nSPS) is 42.3. The molecule has 0 aromatic heterocycles. The van der Waals surface area contributed by atoms with E-state index in [4.69, 9.17) is 28.4 Å². The van der Waals surface area contributed by atoms with Gasteiger partial charge in [0.25, 0.3) is 0 Å². The molecule has 4 aliphatic rings. The highest BCUT2D eigenvalue weighted by Crippen LogP contribution is 2.50. The van der Waals surface area contributed by atoms with Crippen molar-refractivity contribution in [3.8, 4) is 0 Å². The molecule has 3 saturated heterocycles. The Kier molecular flexibility index (Phi) is 7.10. The van der Waals surface area contributed by atoms with Crippen LogP contribution in [0.4, 0.5) is 0 Å². The van der Waals surface area contributed by atoms with Gasteiger partial charge in [-0.05, 0) is 59.3 Å². The number of rotatable bonds is 10. The van der Waals surface area contributed by atoms with E-state index in [1.54, 1.807) is 0 Å². The molecule has 1 saturated carbocycles. The van der Waals surface area contributed by atoms with Crippen LogP contribution >= 0.6 is 0 Å². The van der Waals surface area contributed by atoms with E-state index in [0.29, 0.717) is 44.4 Å². The van der Waals surface area contributed by atoms with Gasteiger partial charge in [-0.2, -0.15) is 0 Å². The Bertz CT molecular complexity index is 564. The first-order chi connectivity index (χ1) is 14.3. The molecule has 0 bridgehead atoms. The lowest BCUT2D eigenvalue weighted by Gasteiger charge is -2.26. The number of fused-ring (bicyclic) bond motifs is 1. The van der Waals surface area contributed by atoms with Crippen molar-refractivity contribution in [3.05, 3.63) is 0 Å². The maximum atomic E-state index is 9.98. The van der Waals surface area contributed by atoms with Crippen LogP contribution in [0.1, 0.15) is 66.2 Å². The molecule has 7 nitrogen and oxygen atoms in total. The third kappa shape index (κ3) is 5.74. The molecule has 8 unspecified atom stereocenters. The van der Waals surface area contributed by atoms with E-state index in [1.165, 1.54) is 0 Å². The van der Waals surface area contributed by atoms with Crippen molar-refractivity contribution in [3.63, 3.8) is 0 Å². The quantitative estimate of drug-likeness (QED) is 0.536. The predicted octanol–water partition coefficient (Wildman–Crippen LogP) is 3.02. The maximum Gasteiger partial charge on any atom is 0.161 e. The fourth-order valence-corrected chi connectivity index (χ4v) is 4.93. The van der Waals surface area contributed by atoms with Crippen molar-refractivity contribution in [2.75, 3.05) is 26.4 Å². The summed E-state index contributed by atoms with van der Waals surface area (Å²) in [5, 5.41) is 9.98. The summed E-state index contributed by atoms with van der Waals surface area (Å²) in [5.74, 6) is 0.722. The van der Waals surface area contributed by atoms with Crippen molar-refractivity contribution < 1.29 is 33.5 Å². The van der Waals surface area contributed by atoms with Crippen LogP contribution in [0, 0.1) is 11.8 Å². The van der Waals surface area contributed by atoms with Gasteiger partial charge in [0.05, 0.1) is 43.7 Å². The zero-order valence-corrected chi connectivity index (χ0v) is 19.0. The highest BCUT2D eigenvalue weighted by molar-refractivity contribution is 5.04. The standard InChI is InChI=1S/C23H40O7/c1-5-15(6-8-22(2,3)24)20-26-13-17(28-20)11-25-12-18-14-27-21(29-18)16-7-9-23(4)19(10-16)30-23/h15-21,24H,5-14H2,1-4H3. The summed E-state index contributed by atoms with van der Waals surface area (Å²) in [6.45, 7) is 10.2. The third-order valence-corrected chi connectivity index (χ3v) is 7.14. The van der Waals surface area contributed by atoms with Gasteiger partial charge in [-0.15, -0.1) is 0 Å². The number of hydrogen-bond acceptors (Lipinski definition) is 7. The van der Waals surface area contributed by atoms with E-state index in [1.807, 2.05) is 13.8 Å². The topological polar surface area (TPSA) is 78.9 Å². The van der Waals surface area contributed by atoms with Gasteiger partial charge in [-0.1, -0.05) is 6.92 Å². The van der Waals surface area contributed by atoms with Crippen LogP contribution < -0.4 is 0 Å². The van der Waals surface area contributed by atoms with Gasteiger partial charge in [0.2, 0.25) is 0 Å². The molecule has 0 aromatic rings. The van der Waals surface area contributed by atoms with E-state index in [9.17, 15) is 5.11 Å². The van der Waals surface area contributed by atoms with E-state index < -0.39 is 5.60 Å². The second kappa shape index (κ2) is 9.30. The zero-order valence-electron chi connectivity index (χ0n) is 19.0. The molecule has 30 heavy (non-hydrogen) atoms. The van der Waals surface area contributed by atoms with Crippen LogP contribution in [0.5, 0.6) is 0 Å². The van der Waals surface area contributed by atoms with Crippen molar-refractivity contribution in [2.45, 2.75) is 108 Å². The second-order valence-electron chi connectivity index (χ2n) is 10.4. The Morgan fingerprint density at radius 2 is 1.87 bits per heavy atom. The fraction of sp³-hybridized carbons (Fsp3) is 1.00. The SMILES string of the molecule is CCC(CCC(C)(C)O)C1OCC(COCC2COC(C3CCC4(C)OC4C3)O2)O1. The Labute approximate surface area is 180 Å². The lowest BCUT2D eigenvalue weighted by Crippen LogP contribution is -2.31. The van der Waals surface area contributed by atoms with Gasteiger partial charge < -0.3 is 33.5 Å². The molecule has 8 atom stereocenters. The molecule has 4 fully saturated rings. The summed E-state index contributed by atoms with van der Waals surface area (Å²) >= 11 is 0. The highest BCUT2D eigenvalue weighted by Gasteiger charge is 2.56. The minimum Gasteiger partial charge on any atom is -0.390 e. The summed E-state index contributed by atoms with van der Waals surface area (Å²) in [5.41, 5.74) is -0.525. The molecule has 0 radical (unpaired) electrons. The Morgan fingerprint density at radius 3 is 2.57 bits per heavy atom. The van der Waals surface area contributed by atoms with E-state index in [-0.39, 0.29) is 30.4 Å². The third-order valence-electron chi connectivity index (χ3n) is 7.14. The summed E-state index contributed by atoms with van der Waals surface area (Å²) in [6.07, 6.45) is 5.83. The predicted molar refractivity (Wildman–Crippen MR) is 110 cm³/mol. The maximum absolute atomic E-state index is 9.98. The van der Waals surface area contributed by atoms with Crippen LogP contribution in [0.2, 0.25) is 0 Å². The Morgan fingerprint density at radius 1 is 1.13 bits per heavy atom. The summed E-state index contributed by atoms with van der Waals surface area (Å²) in [7, 11) is 0. The van der Waals surface area contributed by atoms with Gasteiger partial charge in [0.1, 0.15) is 12.2 Å². The Hall–Kier alpha value is -0.280. The van der Waals surface area contributed by atoms with Crippen LogP contribution in [-0.4, -0.2) is 73.6 Å². The van der Waals surface area contributed by atoms with Crippen LogP contribution in [-0.2, 0) is 28.4 Å². The van der Waals surface area contributed by atoms with Crippen LogP contribution in [0.3, 0.4) is 0 Å². The Balaban J connectivity index is 1.11. The largest absolute Gasteiger partial charge is 0.390 e. The van der Waals surface area contributed by atoms with Crippen molar-refractivity contribution in [1.82, 2.24) is 0 Å². The van der Waals surface area contributed by atoms with Crippen molar-refractivity contribution in [1.29, 1.82) is 0 Å². The number of hydrogen-bond donors (Lipinski definition) is 1. The van der Waals surface area contributed by atoms with Gasteiger partial charge in [-0.25, -0.2) is 0 Å². The zero-order chi connectivity index (χ0) is 21.4. The molecule has 7 heteroatoms. The van der Waals surface area contributed by atoms with Crippen LogP contribution in [0.25, 0.3) is 0 Å². The molecule has 1 aliphatic carbocycles. The molecule has 1 N–H and O–H groups in total. The molecule has 0 spiro atoms. The molecule has 4 rings (SSSR count). The summed E-state index contributed by atoms with van der Waals surface area (Å²) in [4.78, 5) is 0. The summed E-state index contributed by atoms with van der Waals surface area (Å²) in [6, 6.07) is 0. The van der Waals surface area contributed by atoms with Gasteiger partial charge >= 0.3 is 0 Å². The van der Waals surface area contributed by atoms with Gasteiger partial charge in [0.15, 0.2) is 12.6 Å². The van der Waals surface area contributed by atoms with Crippen LogP contribution in [0.15, 0.2) is 0 Å². The molecule has 3 aliphatic heterocycles. The lowest BCUT2D eigenvalue weighted by molar-refractivity contribution is -0.123. The van der Waals surface area contributed by atoms with Gasteiger partial charge in [-0.3, -0.25) is 0 Å². The number of epoxide rings is 1. The highest BCUT2D eigenvalue weighted by atomic mass is 16.7. The molecule has 0 aromatic carbocycles. The van der Waals surface area contributed by atoms with E-state index in [0.717, 1.165) is 38.5 Å². The first-order valence-corrected chi connectivity index (χ1v) is 11.8. The average molecular weight is 429 g/mol. The lowest BCUT2D eigenvalue weighted by atomic mass is 9.82. The van der Waals surface area contributed by atoms with Crippen molar-refractivity contribution in [2.24, 2.45) is 11.8 Å². The molecule has 174 valence electrons. The first kappa shape index (κ1) is 22.9.